The second kappa shape index (κ2) is 9.46. The molecule has 0 atom stereocenters. The standard InChI is InChI=1S/C20H16ClN9O4S/c21-17-26-18(22)28-20(27-17)24-12-5-6-13(14(9-12)25-19(23)31)29-30-15-7-10-3-1-2-4-11(10)8-16(15)35(32,33)34/h1-9H,(H3,23,25,31)(H,32,33,34)(H3,22,24,26,27,28)/b30-29+. The van der Waals surface area contributed by atoms with E-state index in [1.165, 1.54) is 24.3 Å². The van der Waals surface area contributed by atoms with Gasteiger partial charge in [-0.05, 0) is 52.7 Å². The second-order valence-corrected chi connectivity index (χ2v) is 8.70. The van der Waals surface area contributed by atoms with E-state index in [-0.39, 0.29) is 34.2 Å². The van der Waals surface area contributed by atoms with Crippen molar-refractivity contribution in [3.8, 4) is 0 Å². The van der Waals surface area contributed by atoms with Crippen LogP contribution in [0.15, 0.2) is 69.7 Å². The van der Waals surface area contributed by atoms with E-state index in [4.69, 9.17) is 23.1 Å². The van der Waals surface area contributed by atoms with Crippen molar-refractivity contribution in [3.63, 3.8) is 0 Å². The fourth-order valence-corrected chi connectivity index (χ4v) is 3.89. The quantitative estimate of drug-likeness (QED) is 0.184. The minimum Gasteiger partial charge on any atom is -0.368 e. The Morgan fingerprint density at radius 3 is 2.31 bits per heavy atom. The number of nitrogens with two attached hydrogens (primary N) is 2. The zero-order valence-corrected chi connectivity index (χ0v) is 19.1. The first-order chi connectivity index (χ1) is 16.6. The Morgan fingerprint density at radius 1 is 0.971 bits per heavy atom. The molecule has 7 N–H and O–H groups in total. The number of rotatable bonds is 6. The van der Waals surface area contributed by atoms with Gasteiger partial charge in [0.05, 0.1) is 5.69 Å². The predicted octanol–water partition coefficient (Wildman–Crippen LogP) is 4.16. The first-order valence-corrected chi connectivity index (χ1v) is 11.5. The molecule has 0 spiro atoms. The summed E-state index contributed by atoms with van der Waals surface area (Å²) in [5.74, 6) is -0.0470. The number of fused-ring (bicyclic) bond motifs is 1. The summed E-state index contributed by atoms with van der Waals surface area (Å²) in [6, 6.07) is 13.3. The first-order valence-electron chi connectivity index (χ1n) is 9.65. The molecule has 35 heavy (non-hydrogen) atoms. The van der Waals surface area contributed by atoms with Crippen molar-refractivity contribution in [2.24, 2.45) is 16.0 Å². The van der Waals surface area contributed by atoms with Gasteiger partial charge in [0.2, 0.25) is 17.2 Å². The summed E-state index contributed by atoms with van der Waals surface area (Å²) < 4.78 is 33.5. The Morgan fingerprint density at radius 2 is 1.66 bits per heavy atom. The SMILES string of the molecule is NC(=O)Nc1cc(Nc2nc(N)nc(Cl)n2)ccc1/N=N/c1cc2ccccc2cc1S(=O)(=O)O. The van der Waals surface area contributed by atoms with Gasteiger partial charge in [0.15, 0.2) is 0 Å². The smallest absolute Gasteiger partial charge is 0.316 e. The number of benzene rings is 3. The average molecular weight is 514 g/mol. The monoisotopic (exact) mass is 513 g/mol. The first kappa shape index (κ1) is 23.7. The number of primary amides is 1. The van der Waals surface area contributed by atoms with E-state index in [1.807, 2.05) is 0 Å². The zero-order valence-electron chi connectivity index (χ0n) is 17.5. The summed E-state index contributed by atoms with van der Waals surface area (Å²) in [6.07, 6.45) is 0. The second-order valence-electron chi connectivity index (χ2n) is 6.97. The number of amides is 2. The Hall–Kier alpha value is -4.40. The predicted molar refractivity (Wildman–Crippen MR) is 130 cm³/mol. The van der Waals surface area contributed by atoms with Gasteiger partial charge in [-0.1, -0.05) is 24.3 Å². The van der Waals surface area contributed by atoms with Crippen LogP contribution in [0.5, 0.6) is 0 Å². The number of hydrogen-bond donors (Lipinski definition) is 5. The highest BCUT2D eigenvalue weighted by atomic mass is 35.5. The van der Waals surface area contributed by atoms with E-state index in [2.05, 4.69) is 35.8 Å². The van der Waals surface area contributed by atoms with Crippen LogP contribution in [0, 0.1) is 0 Å². The van der Waals surface area contributed by atoms with E-state index >= 15 is 0 Å². The number of nitrogen functional groups attached to an aromatic ring is 1. The van der Waals surface area contributed by atoms with Crippen molar-refractivity contribution in [1.29, 1.82) is 0 Å². The Labute approximate surface area is 203 Å². The lowest BCUT2D eigenvalue weighted by molar-refractivity contribution is 0.259. The molecule has 13 nitrogen and oxygen atoms in total. The molecule has 0 aliphatic rings. The number of azo groups is 1. The topological polar surface area (TPSA) is 211 Å². The summed E-state index contributed by atoms with van der Waals surface area (Å²) >= 11 is 5.78. The number of carbonyl (C=O) groups is 1. The van der Waals surface area contributed by atoms with Gasteiger partial charge in [-0.25, -0.2) is 4.79 Å². The van der Waals surface area contributed by atoms with E-state index in [0.29, 0.717) is 16.5 Å². The number of halogens is 1. The Kier molecular flexibility index (Phi) is 6.42. The van der Waals surface area contributed by atoms with Gasteiger partial charge in [0.25, 0.3) is 10.1 Å². The summed E-state index contributed by atoms with van der Waals surface area (Å²) in [7, 11) is -4.60. The lowest BCUT2D eigenvalue weighted by atomic mass is 10.1. The molecule has 0 bridgehead atoms. The highest BCUT2D eigenvalue weighted by Gasteiger charge is 2.17. The van der Waals surface area contributed by atoms with Gasteiger partial charge in [-0.15, -0.1) is 10.2 Å². The number of anilines is 4. The van der Waals surface area contributed by atoms with Crippen LogP contribution in [-0.2, 0) is 10.1 Å². The number of nitrogens with one attached hydrogen (secondary N) is 2. The van der Waals surface area contributed by atoms with Crippen molar-refractivity contribution >= 4 is 73.2 Å². The lowest BCUT2D eigenvalue weighted by Crippen LogP contribution is -2.19. The Balaban J connectivity index is 1.73. The average Bonchev–Trinajstić information content (AvgIpc) is 2.76. The van der Waals surface area contributed by atoms with Crippen LogP contribution < -0.4 is 22.1 Å². The molecule has 1 aromatic heterocycles. The van der Waals surface area contributed by atoms with Gasteiger partial charge >= 0.3 is 6.03 Å². The number of nitrogens with zero attached hydrogens (tertiary/aromatic N) is 5. The van der Waals surface area contributed by atoms with Crippen LogP contribution in [0.1, 0.15) is 0 Å². The summed E-state index contributed by atoms with van der Waals surface area (Å²) in [6.45, 7) is 0. The van der Waals surface area contributed by atoms with E-state index in [0.717, 1.165) is 0 Å². The minimum absolute atomic E-state index is 0.0517. The van der Waals surface area contributed by atoms with Gasteiger partial charge in [-0.2, -0.15) is 23.4 Å². The lowest BCUT2D eigenvalue weighted by Gasteiger charge is -2.10. The largest absolute Gasteiger partial charge is 0.368 e. The van der Waals surface area contributed by atoms with Gasteiger partial charge in [0.1, 0.15) is 16.3 Å². The molecule has 3 aromatic carbocycles. The molecule has 1 heterocycles. The van der Waals surface area contributed by atoms with Crippen molar-refractivity contribution in [2.75, 3.05) is 16.4 Å². The van der Waals surface area contributed by atoms with Crippen molar-refractivity contribution in [3.05, 3.63) is 59.9 Å². The number of urea groups is 1. The third-order valence-corrected chi connectivity index (χ3v) is 5.56. The fraction of sp³-hybridized carbons (Fsp3) is 0. The van der Waals surface area contributed by atoms with Crippen LogP contribution >= 0.6 is 11.6 Å². The maximum atomic E-state index is 11.9. The molecule has 0 unspecified atom stereocenters. The van der Waals surface area contributed by atoms with Gasteiger partial charge in [0, 0.05) is 5.69 Å². The molecule has 0 radical (unpaired) electrons. The maximum absolute atomic E-state index is 11.9. The summed E-state index contributed by atoms with van der Waals surface area (Å²) in [4.78, 5) is 22.6. The number of hydrogen-bond acceptors (Lipinski definition) is 10. The normalized spacial score (nSPS) is 11.6. The molecule has 2 amide bonds. The van der Waals surface area contributed by atoms with E-state index in [1.54, 1.807) is 30.3 Å². The molecule has 4 aromatic rings. The Bertz CT molecular complexity index is 1580. The van der Waals surface area contributed by atoms with Crippen LogP contribution in [0.25, 0.3) is 10.8 Å². The molecule has 0 saturated carbocycles. The molecule has 178 valence electrons. The van der Waals surface area contributed by atoms with Crippen LogP contribution in [0.4, 0.5) is 39.4 Å². The molecule has 0 aliphatic carbocycles. The van der Waals surface area contributed by atoms with Crippen LogP contribution in [0.3, 0.4) is 0 Å². The molecule has 4 rings (SSSR count). The number of carbonyl (C=O) groups excluding carboxylic acids is 1. The van der Waals surface area contributed by atoms with Gasteiger partial charge < -0.3 is 22.1 Å². The maximum Gasteiger partial charge on any atom is 0.316 e. The highest BCUT2D eigenvalue weighted by molar-refractivity contribution is 7.86. The van der Waals surface area contributed by atoms with Crippen molar-refractivity contribution < 1.29 is 17.8 Å². The van der Waals surface area contributed by atoms with Crippen molar-refractivity contribution in [1.82, 2.24) is 15.0 Å². The minimum atomic E-state index is -4.60. The molecule has 15 heteroatoms. The molecular weight excluding hydrogens is 498 g/mol. The fourth-order valence-electron chi connectivity index (χ4n) is 3.08. The molecule has 0 saturated heterocycles. The third kappa shape index (κ3) is 5.75. The molecule has 0 fully saturated rings. The third-order valence-electron chi connectivity index (χ3n) is 4.51. The van der Waals surface area contributed by atoms with Crippen molar-refractivity contribution in [2.45, 2.75) is 4.90 Å². The number of aromatic nitrogens is 3. The zero-order chi connectivity index (χ0) is 25.2. The summed E-state index contributed by atoms with van der Waals surface area (Å²) in [5.41, 5.74) is 11.4. The summed E-state index contributed by atoms with van der Waals surface area (Å²) in [5, 5.41) is 14.5. The molecular formula is C20H16ClN9O4S. The van der Waals surface area contributed by atoms with Crippen LogP contribution in [0.2, 0.25) is 5.28 Å². The highest BCUT2D eigenvalue weighted by Crippen LogP contribution is 2.34. The molecule has 0 aliphatic heterocycles. The van der Waals surface area contributed by atoms with Gasteiger partial charge in [-0.3, -0.25) is 4.55 Å². The van der Waals surface area contributed by atoms with Crippen LogP contribution in [-0.4, -0.2) is 34.0 Å². The van der Waals surface area contributed by atoms with E-state index in [9.17, 15) is 17.8 Å². The van der Waals surface area contributed by atoms with E-state index < -0.39 is 21.0 Å².